The third-order valence-electron chi connectivity index (χ3n) is 4.82. The van der Waals surface area contributed by atoms with E-state index in [1.807, 2.05) is 30.3 Å². The highest BCUT2D eigenvalue weighted by Crippen LogP contribution is 2.31. The molecule has 9 heteroatoms. The number of fused-ring (bicyclic) bond motifs is 1. The second-order valence-electron chi connectivity index (χ2n) is 6.35. The van der Waals surface area contributed by atoms with Gasteiger partial charge in [0.15, 0.2) is 11.6 Å². The number of halogens is 2. The SMILES string of the molecule is Cl.Cl.NCC1(C(=O)Nc2ccc3nc(-c4ccco4)[nH]c3c2)CCOCC1. The second kappa shape index (κ2) is 8.75. The Hall–Kier alpha value is -2.06. The molecule has 0 bridgehead atoms. The smallest absolute Gasteiger partial charge is 0.232 e. The summed E-state index contributed by atoms with van der Waals surface area (Å²) in [5, 5.41) is 2.99. The van der Waals surface area contributed by atoms with Gasteiger partial charge in [0.2, 0.25) is 5.91 Å². The molecule has 2 aromatic heterocycles. The van der Waals surface area contributed by atoms with E-state index < -0.39 is 5.41 Å². The number of anilines is 1. The highest BCUT2D eigenvalue weighted by atomic mass is 35.5. The van der Waals surface area contributed by atoms with Gasteiger partial charge < -0.3 is 25.2 Å². The highest BCUT2D eigenvalue weighted by Gasteiger charge is 2.38. The monoisotopic (exact) mass is 412 g/mol. The molecule has 1 amide bonds. The summed E-state index contributed by atoms with van der Waals surface area (Å²) < 4.78 is 10.7. The molecule has 1 aromatic carbocycles. The molecule has 1 aliphatic rings. The number of nitrogens with two attached hydrogens (primary N) is 1. The van der Waals surface area contributed by atoms with Crippen molar-refractivity contribution in [3.05, 3.63) is 36.6 Å². The van der Waals surface area contributed by atoms with E-state index >= 15 is 0 Å². The number of nitrogens with one attached hydrogen (secondary N) is 2. The highest BCUT2D eigenvalue weighted by molar-refractivity contribution is 5.97. The van der Waals surface area contributed by atoms with Crippen LogP contribution in [-0.2, 0) is 9.53 Å². The van der Waals surface area contributed by atoms with Crippen LogP contribution in [0.3, 0.4) is 0 Å². The number of aromatic nitrogens is 2. The molecular formula is C18H22Cl2N4O3. The molecule has 1 aliphatic heterocycles. The number of amides is 1. The summed E-state index contributed by atoms with van der Waals surface area (Å²) in [7, 11) is 0. The molecule has 1 saturated heterocycles. The maximum Gasteiger partial charge on any atom is 0.232 e. The first-order chi connectivity index (χ1) is 12.2. The number of hydrogen-bond acceptors (Lipinski definition) is 5. The molecule has 146 valence electrons. The van der Waals surface area contributed by atoms with E-state index in [0.29, 0.717) is 49.9 Å². The van der Waals surface area contributed by atoms with Crippen LogP contribution >= 0.6 is 24.8 Å². The quantitative estimate of drug-likeness (QED) is 0.608. The van der Waals surface area contributed by atoms with Crippen molar-refractivity contribution in [3.8, 4) is 11.6 Å². The Kier molecular flexibility index (Phi) is 6.89. The van der Waals surface area contributed by atoms with E-state index in [9.17, 15) is 4.79 Å². The van der Waals surface area contributed by atoms with Crippen LogP contribution in [0.15, 0.2) is 41.0 Å². The van der Waals surface area contributed by atoms with Gasteiger partial charge in [-0.1, -0.05) is 0 Å². The Balaban J connectivity index is 0.00000131. The van der Waals surface area contributed by atoms with Gasteiger partial charge in [-0.05, 0) is 43.2 Å². The normalized spacial score (nSPS) is 15.6. The number of nitrogens with zero attached hydrogens (tertiary/aromatic N) is 1. The number of rotatable bonds is 4. The number of carbonyl (C=O) groups excluding carboxylic acids is 1. The maximum absolute atomic E-state index is 12.8. The number of ether oxygens (including phenoxy) is 1. The van der Waals surface area contributed by atoms with Crippen molar-refractivity contribution >= 4 is 47.4 Å². The molecule has 4 N–H and O–H groups in total. The molecule has 4 rings (SSSR count). The molecule has 3 heterocycles. The van der Waals surface area contributed by atoms with Crippen LogP contribution in [0.4, 0.5) is 5.69 Å². The molecule has 27 heavy (non-hydrogen) atoms. The molecule has 1 fully saturated rings. The van der Waals surface area contributed by atoms with Gasteiger partial charge in [-0.2, -0.15) is 0 Å². The van der Waals surface area contributed by atoms with Crippen LogP contribution in [0, 0.1) is 5.41 Å². The average molecular weight is 413 g/mol. The fourth-order valence-electron chi connectivity index (χ4n) is 3.17. The molecule has 3 aromatic rings. The molecule has 0 radical (unpaired) electrons. The lowest BCUT2D eigenvalue weighted by Crippen LogP contribution is -2.46. The zero-order chi connectivity index (χ0) is 17.3. The number of furan rings is 1. The van der Waals surface area contributed by atoms with E-state index in [2.05, 4.69) is 15.3 Å². The summed E-state index contributed by atoms with van der Waals surface area (Å²) in [5.41, 5.74) is 7.70. The summed E-state index contributed by atoms with van der Waals surface area (Å²) in [6, 6.07) is 9.24. The Morgan fingerprint density at radius 3 is 2.70 bits per heavy atom. The van der Waals surface area contributed by atoms with E-state index in [-0.39, 0.29) is 30.7 Å². The van der Waals surface area contributed by atoms with Crippen LogP contribution in [-0.4, -0.2) is 35.6 Å². The van der Waals surface area contributed by atoms with Crippen LogP contribution in [0.25, 0.3) is 22.6 Å². The lowest BCUT2D eigenvalue weighted by Gasteiger charge is -2.34. The minimum atomic E-state index is -0.555. The van der Waals surface area contributed by atoms with Gasteiger partial charge >= 0.3 is 0 Å². The van der Waals surface area contributed by atoms with Gasteiger partial charge in [-0.15, -0.1) is 24.8 Å². The number of H-pyrrole nitrogens is 1. The van der Waals surface area contributed by atoms with Crippen molar-refractivity contribution in [2.45, 2.75) is 12.8 Å². The van der Waals surface area contributed by atoms with Crippen molar-refractivity contribution in [1.82, 2.24) is 9.97 Å². The van der Waals surface area contributed by atoms with E-state index in [0.717, 1.165) is 11.0 Å². The molecule has 0 aliphatic carbocycles. The standard InChI is InChI=1S/C18H20N4O3.2ClH/c19-11-18(5-8-24-9-6-18)17(23)20-12-3-4-13-14(10-12)22-16(21-13)15-2-1-7-25-15;;/h1-4,7,10H,5-6,8-9,11,19H2,(H,20,23)(H,21,22);2*1H. The average Bonchev–Trinajstić information content (AvgIpc) is 3.31. The van der Waals surface area contributed by atoms with Crippen molar-refractivity contribution in [1.29, 1.82) is 0 Å². The van der Waals surface area contributed by atoms with E-state index in [1.165, 1.54) is 0 Å². The van der Waals surface area contributed by atoms with Gasteiger partial charge in [0.25, 0.3) is 0 Å². The van der Waals surface area contributed by atoms with Gasteiger partial charge in [0.1, 0.15) is 0 Å². The second-order valence-corrected chi connectivity index (χ2v) is 6.35. The zero-order valence-corrected chi connectivity index (χ0v) is 16.2. The summed E-state index contributed by atoms with van der Waals surface area (Å²) in [5.74, 6) is 1.28. The fourth-order valence-corrected chi connectivity index (χ4v) is 3.17. The lowest BCUT2D eigenvalue weighted by molar-refractivity contribution is -0.130. The Bertz CT molecular complexity index is 889. The summed E-state index contributed by atoms with van der Waals surface area (Å²) in [6.07, 6.45) is 2.89. The van der Waals surface area contributed by atoms with Gasteiger partial charge in [-0.3, -0.25) is 4.79 Å². The van der Waals surface area contributed by atoms with Crippen molar-refractivity contribution in [3.63, 3.8) is 0 Å². The zero-order valence-electron chi connectivity index (χ0n) is 14.6. The molecular weight excluding hydrogens is 391 g/mol. The summed E-state index contributed by atoms with van der Waals surface area (Å²) >= 11 is 0. The Labute approximate surface area is 168 Å². The Morgan fingerprint density at radius 2 is 2.04 bits per heavy atom. The summed E-state index contributed by atoms with van der Waals surface area (Å²) in [6.45, 7) is 1.45. The van der Waals surface area contributed by atoms with Crippen LogP contribution in [0.1, 0.15) is 12.8 Å². The Morgan fingerprint density at radius 1 is 1.26 bits per heavy atom. The van der Waals surface area contributed by atoms with Crippen LogP contribution < -0.4 is 11.1 Å². The molecule has 0 saturated carbocycles. The molecule has 0 unspecified atom stereocenters. The third kappa shape index (κ3) is 4.11. The third-order valence-corrected chi connectivity index (χ3v) is 4.82. The first kappa shape index (κ1) is 21.2. The van der Waals surface area contributed by atoms with E-state index in [4.69, 9.17) is 14.9 Å². The summed E-state index contributed by atoms with van der Waals surface area (Å²) in [4.78, 5) is 20.5. The number of aromatic amines is 1. The van der Waals surface area contributed by atoms with Crippen molar-refractivity contribution < 1.29 is 13.9 Å². The predicted molar refractivity (Wildman–Crippen MR) is 108 cm³/mol. The fraction of sp³-hybridized carbons (Fsp3) is 0.333. The first-order valence-corrected chi connectivity index (χ1v) is 8.33. The lowest BCUT2D eigenvalue weighted by atomic mass is 9.79. The van der Waals surface area contributed by atoms with Crippen molar-refractivity contribution in [2.75, 3.05) is 25.1 Å². The minimum Gasteiger partial charge on any atom is -0.461 e. The van der Waals surface area contributed by atoms with Gasteiger partial charge in [0, 0.05) is 25.4 Å². The number of carbonyl (C=O) groups is 1. The van der Waals surface area contributed by atoms with Crippen LogP contribution in [0.5, 0.6) is 0 Å². The number of imidazole rings is 1. The molecule has 0 atom stereocenters. The molecule has 0 spiro atoms. The first-order valence-electron chi connectivity index (χ1n) is 8.33. The van der Waals surface area contributed by atoms with Gasteiger partial charge in [-0.25, -0.2) is 4.98 Å². The van der Waals surface area contributed by atoms with Crippen LogP contribution in [0.2, 0.25) is 0 Å². The maximum atomic E-state index is 12.8. The van der Waals surface area contributed by atoms with Crippen molar-refractivity contribution in [2.24, 2.45) is 11.1 Å². The number of benzene rings is 1. The molecule has 7 nitrogen and oxygen atoms in total. The minimum absolute atomic E-state index is 0. The van der Waals surface area contributed by atoms with E-state index in [1.54, 1.807) is 6.26 Å². The largest absolute Gasteiger partial charge is 0.461 e. The predicted octanol–water partition coefficient (Wildman–Crippen LogP) is 3.36. The topological polar surface area (TPSA) is 106 Å². The van der Waals surface area contributed by atoms with Gasteiger partial charge in [0.05, 0.1) is 22.7 Å². The number of hydrogen-bond donors (Lipinski definition) is 3.